The maximum Gasteiger partial charge on any atom is 0.0995 e. The van der Waals surface area contributed by atoms with Crippen LogP contribution in [-0.4, -0.2) is 15.0 Å². The Bertz CT molecular complexity index is 699. The van der Waals surface area contributed by atoms with Crippen LogP contribution in [0.1, 0.15) is 25.6 Å². The average Bonchev–Trinajstić information content (AvgIpc) is 2.86. The molecule has 2 heterocycles. The minimum atomic E-state index is -0.0856. The van der Waals surface area contributed by atoms with Gasteiger partial charge in [0.05, 0.1) is 34.6 Å². The maximum atomic E-state index is 6.24. The van der Waals surface area contributed by atoms with E-state index in [1.54, 1.807) is 6.33 Å². The van der Waals surface area contributed by atoms with Gasteiger partial charge in [-0.25, -0.2) is 9.97 Å². The lowest BCUT2D eigenvalue weighted by Crippen LogP contribution is -2.18. The van der Waals surface area contributed by atoms with Gasteiger partial charge in [-0.05, 0) is 12.0 Å². The lowest BCUT2D eigenvalue weighted by molar-refractivity contribution is 0.507. The van der Waals surface area contributed by atoms with Crippen molar-refractivity contribution >= 4 is 21.9 Å². The highest BCUT2D eigenvalue weighted by molar-refractivity contribution is 6.02. The van der Waals surface area contributed by atoms with E-state index in [0.717, 1.165) is 27.6 Å². The first-order valence-electron chi connectivity index (χ1n) is 6.16. The smallest absolute Gasteiger partial charge is 0.0995 e. The largest absolute Gasteiger partial charge is 0.343 e. The molecular formula is C14H16N4. The number of fused-ring (bicyclic) bond motifs is 3. The molecule has 92 valence electrons. The van der Waals surface area contributed by atoms with E-state index < -0.39 is 0 Å². The van der Waals surface area contributed by atoms with Crippen LogP contribution in [0.4, 0.5) is 0 Å². The van der Waals surface area contributed by atoms with Crippen LogP contribution < -0.4 is 5.73 Å². The predicted molar refractivity (Wildman–Crippen MR) is 73.2 cm³/mol. The van der Waals surface area contributed by atoms with Crippen LogP contribution in [0.25, 0.3) is 21.9 Å². The molecule has 0 radical (unpaired) electrons. The van der Waals surface area contributed by atoms with Gasteiger partial charge in [-0.15, -0.1) is 0 Å². The molecule has 0 fully saturated rings. The van der Waals surface area contributed by atoms with Crippen molar-refractivity contribution in [1.82, 2.24) is 15.0 Å². The highest BCUT2D eigenvalue weighted by atomic mass is 14.9. The zero-order valence-electron chi connectivity index (χ0n) is 10.5. The average molecular weight is 240 g/mol. The normalized spacial score (nSPS) is 13.6. The lowest BCUT2D eigenvalue weighted by Gasteiger charge is -2.16. The monoisotopic (exact) mass is 240 g/mol. The van der Waals surface area contributed by atoms with Crippen molar-refractivity contribution in [2.75, 3.05) is 0 Å². The Labute approximate surface area is 105 Å². The van der Waals surface area contributed by atoms with E-state index in [0.29, 0.717) is 5.92 Å². The first-order valence-corrected chi connectivity index (χ1v) is 6.16. The number of pyridine rings is 1. The molecule has 2 aromatic heterocycles. The van der Waals surface area contributed by atoms with Gasteiger partial charge >= 0.3 is 0 Å². The zero-order valence-corrected chi connectivity index (χ0v) is 10.5. The van der Waals surface area contributed by atoms with Gasteiger partial charge in [-0.1, -0.05) is 32.0 Å². The molecule has 4 nitrogen and oxygen atoms in total. The fourth-order valence-electron chi connectivity index (χ4n) is 2.21. The SMILES string of the molecule is CC(C)C(N)c1nc2ccccc2c2nc[nH]c12. The molecule has 3 aromatic rings. The van der Waals surface area contributed by atoms with Gasteiger partial charge < -0.3 is 10.7 Å². The van der Waals surface area contributed by atoms with Gasteiger partial charge in [0.1, 0.15) is 0 Å². The third-order valence-electron chi connectivity index (χ3n) is 3.33. The topological polar surface area (TPSA) is 67.6 Å². The zero-order chi connectivity index (χ0) is 12.7. The first-order chi connectivity index (χ1) is 8.68. The number of rotatable bonds is 2. The first kappa shape index (κ1) is 11.2. The van der Waals surface area contributed by atoms with Crippen LogP contribution in [0.15, 0.2) is 30.6 Å². The summed E-state index contributed by atoms with van der Waals surface area (Å²) in [6, 6.07) is 7.94. The second kappa shape index (κ2) is 4.07. The summed E-state index contributed by atoms with van der Waals surface area (Å²) in [5, 5.41) is 1.06. The molecule has 1 aromatic carbocycles. The summed E-state index contributed by atoms with van der Waals surface area (Å²) in [5.74, 6) is 0.338. The van der Waals surface area contributed by atoms with Crippen LogP contribution >= 0.6 is 0 Å². The number of aromatic nitrogens is 3. The third kappa shape index (κ3) is 1.57. The second-order valence-corrected chi connectivity index (χ2v) is 4.91. The molecule has 0 aliphatic carbocycles. The number of hydrogen-bond acceptors (Lipinski definition) is 3. The number of hydrogen-bond donors (Lipinski definition) is 2. The van der Waals surface area contributed by atoms with Crippen molar-refractivity contribution in [2.24, 2.45) is 11.7 Å². The molecule has 0 bridgehead atoms. The standard InChI is InChI=1S/C14H16N4/c1-8(2)11(15)13-14-12(16-7-17-14)9-5-3-4-6-10(9)18-13/h3-8,11H,15H2,1-2H3,(H,16,17). The molecular weight excluding hydrogens is 224 g/mol. The molecule has 0 aliphatic rings. The fourth-order valence-corrected chi connectivity index (χ4v) is 2.21. The van der Waals surface area contributed by atoms with Crippen LogP contribution in [0.5, 0.6) is 0 Å². The molecule has 4 heteroatoms. The summed E-state index contributed by atoms with van der Waals surface area (Å²) in [5.41, 5.74) is 9.99. The summed E-state index contributed by atoms with van der Waals surface area (Å²) >= 11 is 0. The van der Waals surface area contributed by atoms with E-state index >= 15 is 0 Å². The van der Waals surface area contributed by atoms with Crippen molar-refractivity contribution in [3.63, 3.8) is 0 Å². The van der Waals surface area contributed by atoms with Gasteiger partial charge in [-0.3, -0.25) is 0 Å². The van der Waals surface area contributed by atoms with Crippen molar-refractivity contribution < 1.29 is 0 Å². The van der Waals surface area contributed by atoms with E-state index in [1.807, 2.05) is 24.3 Å². The minimum absolute atomic E-state index is 0.0856. The molecule has 18 heavy (non-hydrogen) atoms. The van der Waals surface area contributed by atoms with Gasteiger partial charge in [0, 0.05) is 5.39 Å². The summed E-state index contributed by atoms with van der Waals surface area (Å²) in [4.78, 5) is 12.3. The number of nitrogens with one attached hydrogen (secondary N) is 1. The van der Waals surface area contributed by atoms with Gasteiger partial charge in [0.15, 0.2) is 0 Å². The number of para-hydroxylation sites is 1. The fraction of sp³-hybridized carbons (Fsp3) is 0.286. The molecule has 0 aliphatic heterocycles. The number of nitrogens with zero attached hydrogens (tertiary/aromatic N) is 2. The van der Waals surface area contributed by atoms with Crippen molar-refractivity contribution in [3.05, 3.63) is 36.3 Å². The molecule has 3 rings (SSSR count). The number of benzene rings is 1. The lowest BCUT2D eigenvalue weighted by atomic mass is 9.99. The third-order valence-corrected chi connectivity index (χ3v) is 3.33. The van der Waals surface area contributed by atoms with Gasteiger partial charge in [0.2, 0.25) is 0 Å². The van der Waals surface area contributed by atoms with Gasteiger partial charge in [0.25, 0.3) is 0 Å². The number of aromatic amines is 1. The van der Waals surface area contributed by atoms with Crippen LogP contribution in [0.2, 0.25) is 0 Å². The van der Waals surface area contributed by atoms with E-state index in [1.165, 1.54) is 0 Å². The van der Waals surface area contributed by atoms with E-state index in [9.17, 15) is 0 Å². The Morgan fingerprint density at radius 1 is 1.22 bits per heavy atom. The van der Waals surface area contributed by atoms with E-state index in [4.69, 9.17) is 10.7 Å². The van der Waals surface area contributed by atoms with Crippen LogP contribution in [0, 0.1) is 5.92 Å². The summed E-state index contributed by atoms with van der Waals surface area (Å²) in [6.07, 6.45) is 1.70. The van der Waals surface area contributed by atoms with Crippen LogP contribution in [0.3, 0.4) is 0 Å². The Kier molecular flexibility index (Phi) is 2.52. The number of nitrogens with two attached hydrogens (primary N) is 1. The molecule has 0 saturated heterocycles. The summed E-state index contributed by atoms with van der Waals surface area (Å²) < 4.78 is 0. The van der Waals surface area contributed by atoms with Crippen molar-refractivity contribution in [1.29, 1.82) is 0 Å². The van der Waals surface area contributed by atoms with Gasteiger partial charge in [-0.2, -0.15) is 0 Å². The highest BCUT2D eigenvalue weighted by Crippen LogP contribution is 2.28. The van der Waals surface area contributed by atoms with E-state index in [2.05, 4.69) is 23.8 Å². The molecule has 0 amide bonds. The van der Waals surface area contributed by atoms with Crippen LogP contribution in [-0.2, 0) is 0 Å². The minimum Gasteiger partial charge on any atom is -0.343 e. The molecule has 1 unspecified atom stereocenters. The Morgan fingerprint density at radius 3 is 2.78 bits per heavy atom. The summed E-state index contributed by atoms with van der Waals surface area (Å²) in [6.45, 7) is 4.20. The molecule has 0 spiro atoms. The Morgan fingerprint density at radius 2 is 2.00 bits per heavy atom. The summed E-state index contributed by atoms with van der Waals surface area (Å²) in [7, 11) is 0. The highest BCUT2D eigenvalue weighted by Gasteiger charge is 2.18. The predicted octanol–water partition coefficient (Wildman–Crippen LogP) is 2.77. The number of H-pyrrole nitrogens is 1. The quantitative estimate of drug-likeness (QED) is 0.723. The maximum absolute atomic E-state index is 6.24. The number of imidazole rings is 1. The van der Waals surface area contributed by atoms with Crippen molar-refractivity contribution in [3.8, 4) is 0 Å². The molecule has 3 N–H and O–H groups in total. The Hall–Kier alpha value is -1.94. The van der Waals surface area contributed by atoms with Crippen molar-refractivity contribution in [2.45, 2.75) is 19.9 Å². The molecule has 1 atom stereocenters. The second-order valence-electron chi connectivity index (χ2n) is 4.91. The molecule has 0 saturated carbocycles. The van der Waals surface area contributed by atoms with E-state index in [-0.39, 0.29) is 6.04 Å². The Balaban J connectivity index is 2.38.